The Labute approximate surface area is 213 Å². The van der Waals surface area contributed by atoms with Crippen molar-refractivity contribution in [3.8, 4) is 0 Å². The Morgan fingerprint density at radius 1 is 1.00 bits per heavy atom. The minimum absolute atomic E-state index is 0.0271. The molecule has 0 unspecified atom stereocenters. The topological polar surface area (TPSA) is 66.9 Å². The lowest BCUT2D eigenvalue weighted by Gasteiger charge is -2.46. The number of likely N-dealkylation sites (tertiary alicyclic amines) is 2. The molecule has 36 heavy (non-hydrogen) atoms. The first-order valence-electron chi connectivity index (χ1n) is 13.4. The van der Waals surface area contributed by atoms with E-state index in [1.54, 1.807) is 0 Å². The number of allylic oxidation sites excluding steroid dienone is 1. The Morgan fingerprint density at radius 2 is 1.78 bits per heavy atom. The van der Waals surface area contributed by atoms with E-state index in [1.165, 1.54) is 7.11 Å². The molecule has 0 spiro atoms. The highest BCUT2D eigenvalue weighted by Gasteiger charge is 2.54. The first-order valence-corrected chi connectivity index (χ1v) is 13.4. The molecule has 2 heterocycles. The number of esters is 1. The molecule has 1 aliphatic carbocycles. The van der Waals surface area contributed by atoms with Crippen LogP contribution in [0, 0.1) is 11.3 Å². The fraction of sp³-hybridized carbons (Fsp3) is 0.500. The van der Waals surface area contributed by atoms with Crippen molar-refractivity contribution < 1.29 is 19.1 Å². The van der Waals surface area contributed by atoms with Crippen molar-refractivity contribution >= 4 is 28.6 Å². The standard InChI is InChI=1S/C30H36N2O4/c1-36-29(35)30-16-7-2-4-15-26(30)32(21-23-13-10-12-22-11-5-6-14-25(22)23)28(34)24(20-30)19-27(33)31-17-8-3-9-18-31/h5-6,10-15,24H,2-4,7-9,16-21H2,1H3/t24-,30+/m1/s1. The number of hydrogen-bond donors (Lipinski definition) is 0. The molecular weight excluding hydrogens is 452 g/mol. The van der Waals surface area contributed by atoms with Gasteiger partial charge in [-0.1, -0.05) is 55.0 Å². The van der Waals surface area contributed by atoms with Gasteiger partial charge in [0, 0.05) is 31.1 Å². The minimum Gasteiger partial charge on any atom is -0.468 e. The molecule has 2 aliphatic heterocycles. The summed E-state index contributed by atoms with van der Waals surface area (Å²) in [6.07, 6.45) is 9.05. The maximum absolute atomic E-state index is 14.1. The van der Waals surface area contributed by atoms with Gasteiger partial charge in [-0.2, -0.15) is 0 Å². The van der Waals surface area contributed by atoms with E-state index in [1.807, 2.05) is 28.0 Å². The third-order valence-electron chi connectivity index (χ3n) is 8.30. The van der Waals surface area contributed by atoms with E-state index in [0.29, 0.717) is 19.4 Å². The lowest BCUT2D eigenvalue weighted by Crippen LogP contribution is -2.53. The number of carbonyl (C=O) groups is 3. The Bertz CT molecular complexity index is 1180. The zero-order chi connectivity index (χ0) is 25.1. The smallest absolute Gasteiger partial charge is 0.317 e. The summed E-state index contributed by atoms with van der Waals surface area (Å²) < 4.78 is 5.37. The lowest BCUT2D eigenvalue weighted by molar-refractivity contribution is -0.160. The van der Waals surface area contributed by atoms with Crippen LogP contribution in [0.1, 0.15) is 63.4 Å². The Morgan fingerprint density at radius 3 is 2.58 bits per heavy atom. The van der Waals surface area contributed by atoms with Crippen molar-refractivity contribution in [3.63, 3.8) is 0 Å². The number of benzene rings is 2. The molecule has 6 heteroatoms. The first-order chi connectivity index (χ1) is 17.5. The fourth-order valence-corrected chi connectivity index (χ4v) is 6.45. The van der Waals surface area contributed by atoms with Crippen LogP contribution < -0.4 is 0 Å². The molecular formula is C30H36N2O4. The van der Waals surface area contributed by atoms with Gasteiger partial charge in [-0.3, -0.25) is 14.4 Å². The zero-order valence-electron chi connectivity index (χ0n) is 21.2. The molecule has 2 amide bonds. The predicted molar refractivity (Wildman–Crippen MR) is 139 cm³/mol. The zero-order valence-corrected chi connectivity index (χ0v) is 21.2. The van der Waals surface area contributed by atoms with Crippen LogP contribution in [0.5, 0.6) is 0 Å². The summed E-state index contributed by atoms with van der Waals surface area (Å²) in [5.41, 5.74) is 0.913. The summed E-state index contributed by atoms with van der Waals surface area (Å²) in [5, 5.41) is 2.21. The average molecular weight is 489 g/mol. The molecule has 2 fully saturated rings. The summed E-state index contributed by atoms with van der Waals surface area (Å²) >= 11 is 0. The molecule has 0 N–H and O–H groups in total. The first kappa shape index (κ1) is 24.5. The van der Waals surface area contributed by atoms with E-state index in [0.717, 1.165) is 73.6 Å². The fourth-order valence-electron chi connectivity index (χ4n) is 6.45. The van der Waals surface area contributed by atoms with E-state index in [-0.39, 0.29) is 24.2 Å². The third-order valence-corrected chi connectivity index (χ3v) is 8.30. The number of fused-ring (bicyclic) bond motifs is 2. The van der Waals surface area contributed by atoms with E-state index < -0.39 is 11.3 Å². The van der Waals surface area contributed by atoms with Gasteiger partial charge in [0.2, 0.25) is 11.8 Å². The molecule has 2 atom stereocenters. The number of nitrogens with zero attached hydrogens (tertiary/aromatic N) is 2. The Hall–Kier alpha value is -3.15. The summed E-state index contributed by atoms with van der Waals surface area (Å²) in [4.78, 5) is 44.4. The number of ether oxygens (including phenoxy) is 1. The third kappa shape index (κ3) is 4.54. The van der Waals surface area contributed by atoms with Gasteiger partial charge in [0.25, 0.3) is 0 Å². The summed E-state index contributed by atoms with van der Waals surface area (Å²) in [5.74, 6) is -0.856. The number of methoxy groups -OCH3 is 1. The largest absolute Gasteiger partial charge is 0.468 e. The molecule has 190 valence electrons. The van der Waals surface area contributed by atoms with Crippen molar-refractivity contribution in [3.05, 3.63) is 59.8 Å². The molecule has 3 aliphatic rings. The van der Waals surface area contributed by atoms with Crippen LogP contribution in [-0.4, -0.2) is 47.8 Å². The number of rotatable bonds is 5. The number of hydrogen-bond acceptors (Lipinski definition) is 4. The van der Waals surface area contributed by atoms with Crippen LogP contribution in [0.4, 0.5) is 0 Å². The van der Waals surface area contributed by atoms with Crippen molar-refractivity contribution in [2.24, 2.45) is 11.3 Å². The molecule has 2 saturated heterocycles. The van der Waals surface area contributed by atoms with Gasteiger partial charge in [0.1, 0.15) is 5.41 Å². The quantitative estimate of drug-likeness (QED) is 0.542. The molecule has 2 aromatic rings. The lowest BCUT2D eigenvalue weighted by atomic mass is 9.68. The highest BCUT2D eigenvalue weighted by Crippen LogP contribution is 2.50. The summed E-state index contributed by atoms with van der Waals surface area (Å²) in [6.45, 7) is 1.89. The average Bonchev–Trinajstić information content (AvgIpc) is 3.14. The van der Waals surface area contributed by atoms with Gasteiger partial charge >= 0.3 is 5.97 Å². The van der Waals surface area contributed by atoms with Crippen LogP contribution in [0.3, 0.4) is 0 Å². The highest BCUT2D eigenvalue weighted by molar-refractivity contribution is 5.93. The van der Waals surface area contributed by atoms with Crippen LogP contribution in [0.2, 0.25) is 0 Å². The van der Waals surface area contributed by atoms with E-state index >= 15 is 0 Å². The molecule has 0 aromatic heterocycles. The maximum atomic E-state index is 14.1. The molecule has 6 nitrogen and oxygen atoms in total. The van der Waals surface area contributed by atoms with Crippen molar-refractivity contribution in [2.45, 2.75) is 64.3 Å². The summed E-state index contributed by atoms with van der Waals surface area (Å²) in [7, 11) is 1.43. The Balaban J connectivity index is 1.53. The van der Waals surface area contributed by atoms with E-state index in [2.05, 4.69) is 30.3 Å². The van der Waals surface area contributed by atoms with Crippen LogP contribution in [0.15, 0.2) is 54.2 Å². The summed E-state index contributed by atoms with van der Waals surface area (Å²) in [6, 6.07) is 14.3. The monoisotopic (exact) mass is 488 g/mol. The van der Waals surface area contributed by atoms with Gasteiger partial charge in [0.15, 0.2) is 0 Å². The Kier molecular flexibility index (Phi) is 7.13. The van der Waals surface area contributed by atoms with Gasteiger partial charge in [-0.15, -0.1) is 0 Å². The molecule has 0 bridgehead atoms. The van der Waals surface area contributed by atoms with E-state index in [4.69, 9.17) is 4.74 Å². The van der Waals surface area contributed by atoms with Crippen molar-refractivity contribution in [1.82, 2.24) is 9.80 Å². The van der Waals surface area contributed by atoms with Crippen molar-refractivity contribution in [2.75, 3.05) is 20.2 Å². The number of amides is 2. The minimum atomic E-state index is -0.892. The molecule has 5 rings (SSSR count). The van der Waals surface area contributed by atoms with Crippen LogP contribution in [0.25, 0.3) is 10.8 Å². The number of piperidine rings is 2. The SMILES string of the molecule is COC(=O)[C@]12CCCCC=C1N(Cc1cccc3ccccc13)C(=O)[C@H](CC(=O)N1CCCCC1)C2. The molecule has 0 radical (unpaired) electrons. The second-order valence-corrected chi connectivity index (χ2v) is 10.5. The second-order valence-electron chi connectivity index (χ2n) is 10.5. The van der Waals surface area contributed by atoms with Gasteiger partial charge in [-0.05, 0) is 61.3 Å². The molecule has 0 saturated carbocycles. The molecule has 2 aromatic carbocycles. The van der Waals surface area contributed by atoms with Crippen LogP contribution >= 0.6 is 0 Å². The normalized spacial score (nSPS) is 24.6. The second kappa shape index (κ2) is 10.5. The number of carbonyl (C=O) groups excluding carboxylic acids is 3. The van der Waals surface area contributed by atoms with Gasteiger partial charge in [0.05, 0.1) is 13.7 Å². The van der Waals surface area contributed by atoms with Crippen LogP contribution in [-0.2, 0) is 25.7 Å². The van der Waals surface area contributed by atoms with Gasteiger partial charge < -0.3 is 14.5 Å². The predicted octanol–water partition coefficient (Wildman–Crippen LogP) is 5.21. The highest BCUT2D eigenvalue weighted by atomic mass is 16.5. The van der Waals surface area contributed by atoms with Crippen molar-refractivity contribution in [1.29, 1.82) is 0 Å². The van der Waals surface area contributed by atoms with E-state index in [9.17, 15) is 14.4 Å². The maximum Gasteiger partial charge on any atom is 0.317 e. The van der Waals surface area contributed by atoms with Gasteiger partial charge in [-0.25, -0.2) is 0 Å².